The van der Waals surface area contributed by atoms with Gasteiger partial charge in [-0.25, -0.2) is 0 Å². The van der Waals surface area contributed by atoms with Crippen LogP contribution in [0.15, 0.2) is 115 Å². The molecule has 0 aromatic heterocycles. The van der Waals surface area contributed by atoms with E-state index in [4.69, 9.17) is 11.3 Å². The third-order valence-corrected chi connectivity index (χ3v) is 10.2. The lowest BCUT2D eigenvalue weighted by atomic mass is 9.75. The fraction of sp³-hybridized carbons (Fsp3) is 0.500. The van der Waals surface area contributed by atoms with Crippen LogP contribution in [0.2, 0.25) is 0 Å². The summed E-state index contributed by atoms with van der Waals surface area (Å²) in [5.41, 5.74) is 8.36. The second-order valence-corrected chi connectivity index (χ2v) is 14.8. The Morgan fingerprint density at radius 3 is 2.43 bits per heavy atom. The smallest absolute Gasteiger partial charge is 0.121 e. The average Bonchev–Trinajstić information content (AvgIpc) is 3.31. The first-order valence-corrected chi connectivity index (χ1v) is 17.9. The maximum atomic E-state index is 5.51. The van der Waals surface area contributed by atoms with E-state index < -0.39 is 0 Å². The molecule has 0 fully saturated rings. The molecule has 2 N–H and O–H groups in total. The van der Waals surface area contributed by atoms with Gasteiger partial charge in [0.1, 0.15) is 5.75 Å². The predicted molar refractivity (Wildman–Crippen MR) is 205 cm³/mol. The SMILES string of the molecule is C=C1/C=C/C[C@@H](C(C)CC(C)C2=CC=CCC=C2)CC(=C)C(CC(C)C)CC(=C)C(C)CNC(=C)[C@@H](Cc2ccc(OC)c(C)c2)N1. The number of hydrogen-bond donors (Lipinski definition) is 2. The van der Waals surface area contributed by atoms with E-state index in [-0.39, 0.29) is 6.04 Å². The van der Waals surface area contributed by atoms with Crippen LogP contribution in [0, 0.1) is 42.4 Å². The molecule has 6 atom stereocenters. The van der Waals surface area contributed by atoms with Crippen molar-refractivity contribution < 1.29 is 4.74 Å². The molecular formula is C44H64N2O. The van der Waals surface area contributed by atoms with Crippen LogP contribution in [-0.4, -0.2) is 19.7 Å². The summed E-state index contributed by atoms with van der Waals surface area (Å²) in [5.74, 6) is 3.83. The minimum Gasteiger partial charge on any atom is -0.496 e. The summed E-state index contributed by atoms with van der Waals surface area (Å²) in [6.07, 6.45) is 23.0. The second-order valence-electron chi connectivity index (χ2n) is 14.8. The summed E-state index contributed by atoms with van der Waals surface area (Å²) >= 11 is 0. The molecule has 3 nitrogen and oxygen atoms in total. The Balaban J connectivity index is 1.89. The minimum absolute atomic E-state index is 0.00712. The van der Waals surface area contributed by atoms with E-state index in [1.54, 1.807) is 7.11 Å². The Bertz CT molecular complexity index is 1350. The average molecular weight is 637 g/mol. The molecule has 1 heterocycles. The maximum absolute atomic E-state index is 5.51. The van der Waals surface area contributed by atoms with Gasteiger partial charge < -0.3 is 15.4 Å². The van der Waals surface area contributed by atoms with Gasteiger partial charge in [0.05, 0.1) is 13.2 Å². The molecule has 3 heteroatoms. The number of benzene rings is 1. The van der Waals surface area contributed by atoms with Crippen molar-refractivity contribution >= 4 is 0 Å². The topological polar surface area (TPSA) is 33.3 Å². The third-order valence-electron chi connectivity index (χ3n) is 10.2. The van der Waals surface area contributed by atoms with Gasteiger partial charge in [0.15, 0.2) is 0 Å². The number of rotatable bonds is 9. The molecule has 1 aromatic carbocycles. The van der Waals surface area contributed by atoms with Crippen molar-refractivity contribution in [2.75, 3.05) is 13.7 Å². The number of aryl methyl sites for hydroxylation is 1. The first kappa shape index (κ1) is 38.0. The zero-order valence-corrected chi connectivity index (χ0v) is 30.7. The van der Waals surface area contributed by atoms with Crippen LogP contribution in [0.5, 0.6) is 5.75 Å². The van der Waals surface area contributed by atoms with Crippen molar-refractivity contribution in [3.63, 3.8) is 0 Å². The van der Waals surface area contributed by atoms with Gasteiger partial charge in [0, 0.05) is 17.9 Å². The monoisotopic (exact) mass is 637 g/mol. The molecule has 2 aliphatic rings. The van der Waals surface area contributed by atoms with E-state index in [0.29, 0.717) is 35.5 Å². The van der Waals surface area contributed by atoms with Gasteiger partial charge >= 0.3 is 0 Å². The number of hydrogen-bond acceptors (Lipinski definition) is 3. The zero-order chi connectivity index (χ0) is 34.5. The lowest BCUT2D eigenvalue weighted by molar-refractivity contribution is 0.297. The summed E-state index contributed by atoms with van der Waals surface area (Å²) in [4.78, 5) is 0. The largest absolute Gasteiger partial charge is 0.496 e. The van der Waals surface area contributed by atoms with Gasteiger partial charge in [0.25, 0.3) is 0 Å². The summed E-state index contributed by atoms with van der Waals surface area (Å²) in [7, 11) is 1.72. The maximum Gasteiger partial charge on any atom is 0.121 e. The van der Waals surface area contributed by atoms with Gasteiger partial charge in [0.2, 0.25) is 0 Å². The van der Waals surface area contributed by atoms with Crippen LogP contribution in [0.25, 0.3) is 0 Å². The highest BCUT2D eigenvalue weighted by Crippen LogP contribution is 2.37. The van der Waals surface area contributed by atoms with Crippen LogP contribution in [0.1, 0.15) is 84.3 Å². The first-order chi connectivity index (χ1) is 22.4. The van der Waals surface area contributed by atoms with Crippen LogP contribution >= 0.6 is 0 Å². The normalized spacial score (nSPS) is 25.4. The molecule has 1 aliphatic heterocycles. The zero-order valence-electron chi connectivity index (χ0n) is 30.7. The van der Waals surface area contributed by atoms with E-state index in [1.807, 2.05) is 0 Å². The molecule has 0 spiro atoms. The molecule has 3 rings (SSSR count). The molecular weight excluding hydrogens is 572 g/mol. The molecule has 47 heavy (non-hydrogen) atoms. The van der Waals surface area contributed by atoms with Crippen molar-refractivity contribution in [2.24, 2.45) is 35.5 Å². The van der Waals surface area contributed by atoms with Crippen molar-refractivity contribution in [1.82, 2.24) is 10.6 Å². The highest BCUT2D eigenvalue weighted by molar-refractivity contribution is 5.37. The van der Waals surface area contributed by atoms with E-state index in [0.717, 1.165) is 74.2 Å². The van der Waals surface area contributed by atoms with Crippen molar-refractivity contribution in [2.45, 2.75) is 92.5 Å². The molecule has 256 valence electrons. The molecule has 0 radical (unpaired) electrons. The molecule has 1 aliphatic carbocycles. The number of methoxy groups -OCH3 is 1. The van der Waals surface area contributed by atoms with Crippen molar-refractivity contribution in [3.05, 3.63) is 126 Å². The lowest BCUT2D eigenvalue weighted by Crippen LogP contribution is -2.38. The van der Waals surface area contributed by atoms with E-state index in [9.17, 15) is 0 Å². The Morgan fingerprint density at radius 2 is 1.72 bits per heavy atom. The predicted octanol–water partition coefficient (Wildman–Crippen LogP) is 11.0. The number of nitrogens with one attached hydrogen (secondary N) is 2. The van der Waals surface area contributed by atoms with Crippen molar-refractivity contribution in [1.29, 1.82) is 0 Å². The summed E-state index contributed by atoms with van der Waals surface area (Å²) in [6.45, 7) is 33.0. The van der Waals surface area contributed by atoms with E-state index >= 15 is 0 Å². The summed E-state index contributed by atoms with van der Waals surface area (Å²) in [5, 5.41) is 7.36. The van der Waals surface area contributed by atoms with Gasteiger partial charge in [-0.15, -0.1) is 0 Å². The summed E-state index contributed by atoms with van der Waals surface area (Å²) < 4.78 is 5.51. The Hall–Kier alpha value is -3.46. The highest BCUT2D eigenvalue weighted by atomic mass is 16.5. The van der Waals surface area contributed by atoms with Gasteiger partial charge in [-0.1, -0.05) is 121 Å². The molecule has 0 saturated carbocycles. The fourth-order valence-corrected chi connectivity index (χ4v) is 7.09. The first-order valence-electron chi connectivity index (χ1n) is 17.9. The van der Waals surface area contributed by atoms with Gasteiger partial charge in [-0.2, -0.15) is 0 Å². The standard InChI is InChI=1S/C44H64N2O/c1-30(2)23-42-26-31(3)36(8)29-45-38(10)43(28-39-21-22-44(47-11)35(7)25-39)46-37(9)17-16-20-41(27-34(42)6)33(5)24-32(4)40-18-14-12-13-15-19-40/h12,14-19,21-22,25,30,32-33,36,41-43,45-46H,3,6,9-10,13,20,23-24,26-29H2,1-2,4-5,7-8,11H3/b17-16+/t32?,33?,36?,41-,42?,43-/m1/s1. The van der Waals surface area contributed by atoms with Crippen LogP contribution in [-0.2, 0) is 6.42 Å². The number of allylic oxidation sites excluding steroid dienone is 9. The fourth-order valence-electron chi connectivity index (χ4n) is 7.09. The van der Waals surface area contributed by atoms with Crippen LogP contribution in [0.4, 0.5) is 0 Å². The highest BCUT2D eigenvalue weighted by Gasteiger charge is 2.26. The minimum atomic E-state index is -0.00712. The lowest BCUT2D eigenvalue weighted by Gasteiger charge is -2.31. The van der Waals surface area contributed by atoms with Crippen LogP contribution < -0.4 is 15.4 Å². The van der Waals surface area contributed by atoms with Gasteiger partial charge in [-0.3, -0.25) is 0 Å². The van der Waals surface area contributed by atoms with Crippen molar-refractivity contribution in [3.8, 4) is 5.75 Å². The molecule has 0 amide bonds. The molecule has 1 aromatic rings. The number of ether oxygens (including phenoxy) is 1. The second kappa shape index (κ2) is 18.8. The Labute approximate surface area is 288 Å². The van der Waals surface area contributed by atoms with Gasteiger partial charge in [-0.05, 0) is 116 Å². The molecule has 0 bridgehead atoms. The van der Waals surface area contributed by atoms with E-state index in [1.165, 1.54) is 22.3 Å². The quantitative estimate of drug-likeness (QED) is 0.265. The summed E-state index contributed by atoms with van der Waals surface area (Å²) in [6, 6.07) is 6.41. The Kier molecular flexibility index (Phi) is 15.2. The Morgan fingerprint density at radius 1 is 0.957 bits per heavy atom. The third kappa shape index (κ3) is 12.3. The molecule has 4 unspecified atom stereocenters. The van der Waals surface area contributed by atoms with E-state index in [2.05, 4.69) is 133 Å². The molecule has 0 saturated heterocycles. The van der Waals surface area contributed by atoms with Crippen LogP contribution in [0.3, 0.4) is 0 Å².